The minimum atomic E-state index is -0.0985. The van der Waals surface area contributed by atoms with Crippen molar-refractivity contribution in [3.05, 3.63) is 84.6 Å². The molecule has 0 saturated heterocycles. The largest absolute Gasteiger partial charge is 0.486 e. The van der Waals surface area contributed by atoms with Crippen molar-refractivity contribution in [3.63, 3.8) is 0 Å². The van der Waals surface area contributed by atoms with Crippen LogP contribution in [0.3, 0.4) is 0 Å². The molecule has 2 heterocycles. The zero-order valence-corrected chi connectivity index (χ0v) is 19.8. The van der Waals surface area contributed by atoms with Gasteiger partial charge in [0.25, 0.3) is 5.91 Å². The van der Waals surface area contributed by atoms with Gasteiger partial charge in [-0.05, 0) is 30.3 Å². The second kappa shape index (κ2) is 10.6. The van der Waals surface area contributed by atoms with E-state index in [4.69, 9.17) is 9.47 Å². The number of ether oxygens (including phenoxy) is 2. The first-order valence-electron chi connectivity index (χ1n) is 11.4. The molecule has 5 rings (SSSR count). The lowest BCUT2D eigenvalue weighted by atomic mass is 10.2. The fourth-order valence-electron chi connectivity index (χ4n) is 3.96. The Morgan fingerprint density at radius 1 is 0.914 bits per heavy atom. The zero-order chi connectivity index (χ0) is 24.0. The third-order valence-corrected chi connectivity index (χ3v) is 6.65. The summed E-state index contributed by atoms with van der Waals surface area (Å²) >= 11 is 1.49. The zero-order valence-electron chi connectivity index (χ0n) is 19.0. The van der Waals surface area contributed by atoms with Crippen LogP contribution in [0, 0.1) is 0 Å². The normalized spacial score (nSPS) is 12.3. The molecule has 3 aromatic carbocycles. The van der Waals surface area contributed by atoms with E-state index in [-0.39, 0.29) is 17.6 Å². The minimum absolute atomic E-state index is 0.0903. The lowest BCUT2D eigenvalue weighted by molar-refractivity contribution is -0.113. The van der Waals surface area contributed by atoms with Crippen molar-refractivity contribution < 1.29 is 19.1 Å². The Hall–Kier alpha value is -3.91. The molecule has 2 amide bonds. The van der Waals surface area contributed by atoms with Gasteiger partial charge in [-0.2, -0.15) is 0 Å². The van der Waals surface area contributed by atoms with Gasteiger partial charge in [0, 0.05) is 52.4 Å². The second-order valence-electron chi connectivity index (χ2n) is 8.02. The van der Waals surface area contributed by atoms with Crippen molar-refractivity contribution in [1.29, 1.82) is 0 Å². The van der Waals surface area contributed by atoms with Gasteiger partial charge in [0.1, 0.15) is 13.2 Å². The van der Waals surface area contributed by atoms with Crippen LogP contribution in [0.2, 0.25) is 0 Å². The lowest BCUT2D eigenvalue weighted by Crippen LogP contribution is -2.26. The molecule has 0 unspecified atom stereocenters. The lowest BCUT2D eigenvalue weighted by Gasteiger charge is -2.19. The van der Waals surface area contributed by atoms with Crippen LogP contribution in [-0.2, 0) is 11.3 Å². The molecule has 178 valence electrons. The number of aromatic nitrogens is 1. The van der Waals surface area contributed by atoms with E-state index in [2.05, 4.69) is 21.3 Å². The van der Waals surface area contributed by atoms with E-state index in [0.717, 1.165) is 15.8 Å². The van der Waals surface area contributed by atoms with Gasteiger partial charge in [0.15, 0.2) is 11.5 Å². The van der Waals surface area contributed by atoms with Gasteiger partial charge in [0.05, 0.1) is 5.75 Å². The maximum Gasteiger partial charge on any atom is 0.251 e. The Morgan fingerprint density at radius 3 is 2.54 bits per heavy atom. The maximum absolute atomic E-state index is 12.6. The van der Waals surface area contributed by atoms with Crippen LogP contribution in [0.5, 0.6) is 11.5 Å². The molecule has 0 fully saturated rings. The number of benzene rings is 3. The summed E-state index contributed by atoms with van der Waals surface area (Å²) in [7, 11) is 0. The number of rotatable bonds is 8. The highest BCUT2D eigenvalue weighted by Crippen LogP contribution is 2.33. The van der Waals surface area contributed by atoms with Crippen molar-refractivity contribution >= 4 is 40.2 Å². The van der Waals surface area contributed by atoms with Gasteiger partial charge in [-0.3, -0.25) is 9.59 Å². The molecule has 7 nitrogen and oxygen atoms in total. The number of nitrogens with one attached hydrogen (secondary N) is 2. The fraction of sp³-hybridized carbons (Fsp3) is 0.185. The van der Waals surface area contributed by atoms with Gasteiger partial charge in [-0.1, -0.05) is 36.4 Å². The first kappa shape index (κ1) is 22.9. The maximum atomic E-state index is 12.6. The van der Waals surface area contributed by atoms with Crippen LogP contribution in [0.4, 0.5) is 5.69 Å². The van der Waals surface area contributed by atoms with Gasteiger partial charge in [-0.15, -0.1) is 11.8 Å². The Bertz CT molecular complexity index is 1350. The average molecular weight is 488 g/mol. The molecule has 0 spiro atoms. The Labute approximate surface area is 207 Å². The molecule has 0 radical (unpaired) electrons. The number of carbonyl (C=O) groups excluding carboxylic acids is 2. The summed E-state index contributed by atoms with van der Waals surface area (Å²) in [5, 5.41) is 6.98. The second-order valence-corrected chi connectivity index (χ2v) is 9.04. The summed E-state index contributed by atoms with van der Waals surface area (Å²) in [6.07, 6.45) is 2.04. The SMILES string of the molecule is O=C(CSc1cn(CCNC(=O)c2ccccc2)c2ccccc12)Nc1ccc2c(c1)OCCO2. The van der Waals surface area contributed by atoms with E-state index >= 15 is 0 Å². The Kier molecular flexibility index (Phi) is 6.90. The van der Waals surface area contributed by atoms with E-state index in [9.17, 15) is 9.59 Å². The highest BCUT2D eigenvalue weighted by molar-refractivity contribution is 8.00. The van der Waals surface area contributed by atoms with Crippen LogP contribution in [0.15, 0.2) is 83.9 Å². The predicted octanol–water partition coefficient (Wildman–Crippen LogP) is 4.57. The van der Waals surface area contributed by atoms with E-state index in [0.29, 0.717) is 49.1 Å². The Morgan fingerprint density at radius 2 is 1.69 bits per heavy atom. The third kappa shape index (κ3) is 5.44. The quantitative estimate of drug-likeness (QED) is 0.356. The number of thioether (sulfide) groups is 1. The predicted molar refractivity (Wildman–Crippen MR) is 137 cm³/mol. The van der Waals surface area contributed by atoms with Gasteiger partial charge >= 0.3 is 0 Å². The molecule has 0 saturated carbocycles. The molecule has 1 aliphatic rings. The summed E-state index contributed by atoms with van der Waals surface area (Å²) < 4.78 is 13.2. The van der Waals surface area contributed by atoms with Crippen molar-refractivity contribution in [1.82, 2.24) is 9.88 Å². The highest BCUT2D eigenvalue weighted by atomic mass is 32.2. The molecule has 0 bridgehead atoms. The first-order chi connectivity index (χ1) is 17.2. The summed E-state index contributed by atoms with van der Waals surface area (Å²) in [6.45, 7) is 2.16. The molecular weight excluding hydrogens is 462 g/mol. The van der Waals surface area contributed by atoms with Crippen LogP contribution in [0.1, 0.15) is 10.4 Å². The monoisotopic (exact) mass is 487 g/mol. The van der Waals surface area contributed by atoms with Crippen LogP contribution < -0.4 is 20.1 Å². The third-order valence-electron chi connectivity index (χ3n) is 5.61. The van der Waals surface area contributed by atoms with Crippen molar-refractivity contribution in [3.8, 4) is 11.5 Å². The first-order valence-corrected chi connectivity index (χ1v) is 12.4. The molecule has 4 aromatic rings. The summed E-state index contributed by atoms with van der Waals surface area (Å²) in [5.41, 5.74) is 2.39. The summed E-state index contributed by atoms with van der Waals surface area (Å²) in [5.74, 6) is 1.42. The fourth-order valence-corrected chi connectivity index (χ4v) is 4.84. The number of amides is 2. The molecule has 8 heteroatoms. The highest BCUT2D eigenvalue weighted by Gasteiger charge is 2.14. The smallest absolute Gasteiger partial charge is 0.251 e. The van der Waals surface area contributed by atoms with E-state index in [1.54, 1.807) is 24.3 Å². The number of hydrogen-bond donors (Lipinski definition) is 2. The molecule has 1 aromatic heterocycles. The standard InChI is InChI=1S/C27H25N3O4S/c31-26(29-20-10-11-23-24(16-20)34-15-14-33-23)18-35-25-17-30(22-9-5-4-8-21(22)25)13-12-28-27(32)19-6-2-1-3-7-19/h1-11,16-17H,12-15,18H2,(H,28,32)(H,29,31). The van der Waals surface area contributed by atoms with Gasteiger partial charge < -0.3 is 24.7 Å². The van der Waals surface area contributed by atoms with E-state index in [1.165, 1.54) is 11.8 Å². The van der Waals surface area contributed by atoms with Gasteiger partial charge in [-0.25, -0.2) is 0 Å². The number of carbonyl (C=O) groups is 2. The van der Waals surface area contributed by atoms with Gasteiger partial charge in [0.2, 0.25) is 5.91 Å². The average Bonchev–Trinajstić information content (AvgIpc) is 3.25. The van der Waals surface area contributed by atoms with Crippen LogP contribution in [-0.4, -0.2) is 41.9 Å². The van der Waals surface area contributed by atoms with Crippen LogP contribution in [0.25, 0.3) is 10.9 Å². The number of nitrogens with zero attached hydrogens (tertiary/aromatic N) is 1. The molecule has 1 aliphatic heterocycles. The Balaban J connectivity index is 1.20. The van der Waals surface area contributed by atoms with E-state index < -0.39 is 0 Å². The minimum Gasteiger partial charge on any atom is -0.486 e. The van der Waals surface area contributed by atoms with Crippen molar-refractivity contribution in [2.24, 2.45) is 0 Å². The van der Waals surface area contributed by atoms with Crippen molar-refractivity contribution in [2.75, 3.05) is 30.8 Å². The molecule has 0 atom stereocenters. The topological polar surface area (TPSA) is 81.6 Å². The molecule has 0 aliphatic carbocycles. The number of anilines is 1. The number of hydrogen-bond acceptors (Lipinski definition) is 5. The van der Waals surface area contributed by atoms with E-state index in [1.807, 2.05) is 48.7 Å². The van der Waals surface area contributed by atoms with Crippen molar-refractivity contribution in [2.45, 2.75) is 11.4 Å². The number of para-hydroxylation sites is 1. The molecule has 35 heavy (non-hydrogen) atoms. The number of fused-ring (bicyclic) bond motifs is 2. The summed E-state index contributed by atoms with van der Waals surface area (Å²) in [6, 6.07) is 22.7. The molecule has 2 N–H and O–H groups in total. The molecular formula is C27H25N3O4S. The van der Waals surface area contributed by atoms with Crippen LogP contribution >= 0.6 is 11.8 Å². The summed E-state index contributed by atoms with van der Waals surface area (Å²) in [4.78, 5) is 26.0.